The third-order valence-corrected chi connectivity index (χ3v) is 2.97. The Balaban J connectivity index is 0.00000441. The summed E-state index contributed by atoms with van der Waals surface area (Å²) in [5.74, 6) is -0.0371. The van der Waals surface area contributed by atoms with E-state index in [0.29, 0.717) is 19.5 Å². The summed E-state index contributed by atoms with van der Waals surface area (Å²) in [6, 6.07) is 8.65. The van der Waals surface area contributed by atoms with Gasteiger partial charge in [0.2, 0.25) is 11.8 Å². The number of rotatable bonds is 8. The molecule has 5 nitrogen and oxygen atoms in total. The fourth-order valence-electron chi connectivity index (χ4n) is 1.95. The molecule has 124 valence electrons. The topological polar surface area (TPSA) is 70.2 Å². The number of carbonyl (C=O) groups is 2. The molecule has 1 rings (SSSR count). The van der Waals surface area contributed by atoms with E-state index in [1.165, 1.54) is 0 Å². The number of benzene rings is 1. The summed E-state index contributed by atoms with van der Waals surface area (Å²) in [7, 11) is 1.82. The molecule has 3 N–H and O–H groups in total. The minimum atomic E-state index is -0.644. The first-order valence-electron chi connectivity index (χ1n) is 7.31. The van der Waals surface area contributed by atoms with Gasteiger partial charge in [0, 0.05) is 19.5 Å². The van der Waals surface area contributed by atoms with Gasteiger partial charge in [-0.05, 0) is 18.5 Å². The Hall–Kier alpha value is -1.59. The molecule has 0 fully saturated rings. The molecule has 0 radical (unpaired) electrons. The molecule has 0 heterocycles. The molecule has 22 heavy (non-hydrogen) atoms. The summed E-state index contributed by atoms with van der Waals surface area (Å²) < 4.78 is 0. The Kier molecular flexibility index (Phi) is 10.2. The molecule has 6 heteroatoms. The second-order valence-corrected chi connectivity index (χ2v) is 5.40. The van der Waals surface area contributed by atoms with Crippen LogP contribution in [0.4, 0.5) is 0 Å². The highest BCUT2D eigenvalue weighted by Gasteiger charge is 2.22. The maximum absolute atomic E-state index is 12.3. The second-order valence-electron chi connectivity index (χ2n) is 5.40. The van der Waals surface area contributed by atoms with E-state index in [9.17, 15) is 9.59 Å². The molecular weight excluding hydrogens is 302 g/mol. The van der Waals surface area contributed by atoms with Crippen LogP contribution in [-0.4, -0.2) is 32.0 Å². The van der Waals surface area contributed by atoms with Crippen molar-refractivity contribution >= 4 is 24.2 Å². The first kappa shape index (κ1) is 20.4. The van der Waals surface area contributed by atoms with Crippen LogP contribution in [0.15, 0.2) is 30.3 Å². The Bertz CT molecular complexity index is 452. The van der Waals surface area contributed by atoms with Gasteiger partial charge < -0.3 is 16.0 Å². The molecule has 0 saturated carbocycles. The summed E-state index contributed by atoms with van der Waals surface area (Å²) >= 11 is 0. The van der Waals surface area contributed by atoms with E-state index >= 15 is 0 Å². The van der Waals surface area contributed by atoms with Gasteiger partial charge in [-0.3, -0.25) is 9.59 Å². The van der Waals surface area contributed by atoms with Crippen molar-refractivity contribution in [1.29, 1.82) is 0 Å². The first-order valence-corrected chi connectivity index (χ1v) is 7.31. The molecule has 1 unspecified atom stereocenters. The molecule has 0 aliphatic heterocycles. The van der Waals surface area contributed by atoms with Crippen molar-refractivity contribution in [2.75, 3.05) is 20.1 Å². The minimum Gasteiger partial charge on any atom is -0.353 e. The summed E-state index contributed by atoms with van der Waals surface area (Å²) in [6.45, 7) is 5.17. The predicted molar refractivity (Wildman–Crippen MR) is 91.0 cm³/mol. The number of likely N-dealkylation sites (N-methyl/N-ethyl adjacent to an activating group) is 1. The highest BCUT2D eigenvalue weighted by atomic mass is 35.5. The van der Waals surface area contributed by atoms with Crippen LogP contribution in [-0.2, 0) is 9.59 Å². The normalized spacial score (nSPS) is 11.5. The molecular formula is C16H26ClN3O2. The van der Waals surface area contributed by atoms with Crippen molar-refractivity contribution in [3.05, 3.63) is 35.9 Å². The second kappa shape index (κ2) is 11.0. The van der Waals surface area contributed by atoms with Crippen LogP contribution in [0, 0.1) is 5.92 Å². The van der Waals surface area contributed by atoms with Gasteiger partial charge in [-0.2, -0.15) is 0 Å². The average Bonchev–Trinajstić information content (AvgIpc) is 2.45. The molecule has 1 aromatic rings. The van der Waals surface area contributed by atoms with E-state index in [-0.39, 0.29) is 30.1 Å². The third-order valence-electron chi connectivity index (χ3n) is 2.97. The van der Waals surface area contributed by atoms with Crippen LogP contribution >= 0.6 is 12.4 Å². The molecule has 2 amide bonds. The van der Waals surface area contributed by atoms with Gasteiger partial charge >= 0.3 is 0 Å². The van der Waals surface area contributed by atoms with Crippen molar-refractivity contribution in [1.82, 2.24) is 16.0 Å². The van der Waals surface area contributed by atoms with E-state index in [0.717, 1.165) is 5.56 Å². The third kappa shape index (κ3) is 7.43. The summed E-state index contributed by atoms with van der Waals surface area (Å²) in [5.41, 5.74) is 0.788. The number of nitrogens with one attached hydrogen (secondary N) is 3. The van der Waals surface area contributed by atoms with Crippen molar-refractivity contribution in [3.63, 3.8) is 0 Å². The monoisotopic (exact) mass is 327 g/mol. The van der Waals surface area contributed by atoms with Crippen molar-refractivity contribution in [3.8, 4) is 0 Å². The number of amides is 2. The number of hydrogen-bond donors (Lipinski definition) is 3. The van der Waals surface area contributed by atoms with E-state index in [1.54, 1.807) is 0 Å². The molecule has 0 saturated heterocycles. The molecule has 1 aromatic carbocycles. The van der Waals surface area contributed by atoms with E-state index < -0.39 is 6.04 Å². The van der Waals surface area contributed by atoms with E-state index in [4.69, 9.17) is 0 Å². The summed E-state index contributed by atoms with van der Waals surface area (Å²) in [4.78, 5) is 24.3. The molecule has 0 bridgehead atoms. The van der Waals surface area contributed by atoms with Gasteiger partial charge in [-0.15, -0.1) is 12.4 Å². The fourth-order valence-corrected chi connectivity index (χ4v) is 1.95. The Morgan fingerprint density at radius 2 is 1.73 bits per heavy atom. The van der Waals surface area contributed by atoms with E-state index in [1.807, 2.05) is 51.2 Å². The maximum Gasteiger partial charge on any atom is 0.247 e. The Morgan fingerprint density at radius 1 is 1.09 bits per heavy atom. The van der Waals surface area contributed by atoms with Crippen LogP contribution in [0.5, 0.6) is 0 Å². The van der Waals surface area contributed by atoms with Crippen molar-refractivity contribution < 1.29 is 9.59 Å². The molecule has 0 aliphatic rings. The summed E-state index contributed by atoms with van der Waals surface area (Å²) in [6.07, 6.45) is 0.410. The van der Waals surface area contributed by atoms with Crippen LogP contribution in [0.1, 0.15) is 31.9 Å². The maximum atomic E-state index is 12.3. The number of carbonyl (C=O) groups excluding carboxylic acids is 2. The smallest absolute Gasteiger partial charge is 0.247 e. The SMILES string of the molecule is CNCCNC(=O)C(NC(=O)CC(C)C)c1ccccc1.Cl. The van der Waals surface area contributed by atoms with Crippen molar-refractivity contribution in [2.24, 2.45) is 5.92 Å². The zero-order valence-corrected chi connectivity index (χ0v) is 14.2. The quantitative estimate of drug-likeness (QED) is 0.636. The number of hydrogen-bond acceptors (Lipinski definition) is 3. The Morgan fingerprint density at radius 3 is 2.27 bits per heavy atom. The van der Waals surface area contributed by atoms with E-state index in [2.05, 4.69) is 16.0 Å². The summed E-state index contributed by atoms with van der Waals surface area (Å²) in [5, 5.41) is 8.61. The molecule has 1 atom stereocenters. The van der Waals surface area contributed by atoms with Gasteiger partial charge in [0.05, 0.1) is 0 Å². The van der Waals surface area contributed by atoms with Gasteiger partial charge in [-0.1, -0.05) is 44.2 Å². The minimum absolute atomic E-state index is 0. The van der Waals surface area contributed by atoms with Gasteiger partial charge in [-0.25, -0.2) is 0 Å². The van der Waals surface area contributed by atoms with Gasteiger partial charge in [0.1, 0.15) is 6.04 Å². The highest BCUT2D eigenvalue weighted by molar-refractivity contribution is 5.88. The van der Waals surface area contributed by atoms with Crippen LogP contribution in [0.3, 0.4) is 0 Å². The average molecular weight is 328 g/mol. The lowest BCUT2D eigenvalue weighted by molar-refractivity contribution is -0.129. The van der Waals surface area contributed by atoms with Crippen LogP contribution in [0.25, 0.3) is 0 Å². The highest BCUT2D eigenvalue weighted by Crippen LogP contribution is 2.13. The zero-order valence-electron chi connectivity index (χ0n) is 13.4. The number of halogens is 1. The van der Waals surface area contributed by atoms with Gasteiger partial charge in [0.25, 0.3) is 0 Å². The zero-order chi connectivity index (χ0) is 15.7. The fraction of sp³-hybridized carbons (Fsp3) is 0.500. The van der Waals surface area contributed by atoms with Crippen LogP contribution in [0.2, 0.25) is 0 Å². The van der Waals surface area contributed by atoms with Crippen molar-refractivity contribution in [2.45, 2.75) is 26.3 Å². The first-order chi connectivity index (χ1) is 10.0. The lowest BCUT2D eigenvalue weighted by Crippen LogP contribution is -2.42. The molecule has 0 aliphatic carbocycles. The van der Waals surface area contributed by atoms with Crippen LogP contribution < -0.4 is 16.0 Å². The lowest BCUT2D eigenvalue weighted by atomic mass is 10.0. The molecule has 0 spiro atoms. The Labute approximate surface area is 138 Å². The molecule has 0 aromatic heterocycles. The van der Waals surface area contributed by atoms with Gasteiger partial charge in [0.15, 0.2) is 0 Å². The largest absolute Gasteiger partial charge is 0.353 e. The lowest BCUT2D eigenvalue weighted by Gasteiger charge is -2.19. The standard InChI is InChI=1S/C16H25N3O2.ClH/c1-12(2)11-14(20)19-15(13-7-5-4-6-8-13)16(21)18-10-9-17-3;/h4-8,12,15,17H,9-11H2,1-3H3,(H,18,21)(H,19,20);1H. The predicted octanol–water partition coefficient (Wildman–Crippen LogP) is 1.65.